The van der Waals surface area contributed by atoms with Crippen LogP contribution in [-0.2, 0) is 4.79 Å². The highest BCUT2D eigenvalue weighted by atomic mass is 16.5. The zero-order valence-corrected chi connectivity index (χ0v) is 15.2. The van der Waals surface area contributed by atoms with Crippen molar-refractivity contribution < 1.29 is 19.1 Å². The lowest BCUT2D eigenvalue weighted by Crippen LogP contribution is -2.43. The van der Waals surface area contributed by atoms with Gasteiger partial charge in [-0.25, -0.2) is 9.69 Å². The van der Waals surface area contributed by atoms with E-state index in [1.165, 1.54) is 12.4 Å². The number of benzene rings is 1. The second kappa shape index (κ2) is 6.67. The number of carbonyl (C=O) groups excluding carboxylic acids is 2. The Labute approximate surface area is 151 Å². The molecule has 1 saturated heterocycles. The monoisotopic (exact) mass is 355 g/mol. The molecule has 0 unspecified atom stereocenters. The maximum atomic E-state index is 12.6. The molecule has 1 fully saturated rings. The van der Waals surface area contributed by atoms with Crippen LogP contribution in [-0.4, -0.2) is 29.6 Å². The number of aryl methyl sites for hydroxylation is 1. The van der Waals surface area contributed by atoms with Crippen LogP contribution in [0.5, 0.6) is 17.2 Å². The van der Waals surface area contributed by atoms with E-state index in [0.29, 0.717) is 29.4 Å². The van der Waals surface area contributed by atoms with Crippen molar-refractivity contribution in [1.82, 2.24) is 10.3 Å². The topological polar surface area (TPSA) is 80.8 Å². The van der Waals surface area contributed by atoms with E-state index in [-0.39, 0.29) is 5.91 Å². The number of hydrogen-bond acceptors (Lipinski definition) is 5. The standard InChI is InChI=1S/C19H21N3O4/c1-5-19(3)17(23)22(18(24)21-19)13-8-15(11-20-10-13)26-14-7-6-12(2)16(9-14)25-4/h6-11H,5H2,1-4H3,(H,21,24)/t19-/m1/s1. The van der Waals surface area contributed by atoms with E-state index in [1.54, 1.807) is 26.2 Å². The Morgan fingerprint density at radius 1 is 1.19 bits per heavy atom. The first-order valence-corrected chi connectivity index (χ1v) is 8.32. The van der Waals surface area contributed by atoms with Crippen LogP contribution in [0.3, 0.4) is 0 Å². The van der Waals surface area contributed by atoms with Gasteiger partial charge in [-0.05, 0) is 31.9 Å². The Morgan fingerprint density at radius 3 is 2.62 bits per heavy atom. The number of carbonyl (C=O) groups is 2. The van der Waals surface area contributed by atoms with Gasteiger partial charge in [0.1, 0.15) is 22.8 Å². The molecule has 3 rings (SSSR count). The summed E-state index contributed by atoms with van der Waals surface area (Å²) in [6.45, 7) is 5.50. The van der Waals surface area contributed by atoms with Gasteiger partial charge in [-0.2, -0.15) is 0 Å². The van der Waals surface area contributed by atoms with Crippen LogP contribution < -0.4 is 19.7 Å². The van der Waals surface area contributed by atoms with Crippen LogP contribution in [0.4, 0.5) is 10.5 Å². The SMILES string of the molecule is CC[C@@]1(C)NC(=O)N(c2cncc(Oc3ccc(C)c(OC)c3)c2)C1=O. The highest BCUT2D eigenvalue weighted by molar-refractivity contribution is 6.23. The summed E-state index contributed by atoms with van der Waals surface area (Å²) >= 11 is 0. The fourth-order valence-electron chi connectivity index (χ4n) is 2.74. The van der Waals surface area contributed by atoms with Crippen molar-refractivity contribution in [3.05, 3.63) is 42.2 Å². The molecule has 0 saturated carbocycles. The summed E-state index contributed by atoms with van der Waals surface area (Å²) in [5.41, 5.74) is 0.448. The molecule has 2 heterocycles. The van der Waals surface area contributed by atoms with Crippen LogP contribution in [0.15, 0.2) is 36.7 Å². The second-order valence-corrected chi connectivity index (χ2v) is 6.37. The van der Waals surface area contributed by atoms with E-state index < -0.39 is 11.6 Å². The number of ether oxygens (including phenoxy) is 2. The van der Waals surface area contributed by atoms with Gasteiger partial charge in [0.15, 0.2) is 0 Å². The summed E-state index contributed by atoms with van der Waals surface area (Å²) < 4.78 is 11.1. The van der Waals surface area contributed by atoms with E-state index in [1.807, 2.05) is 26.0 Å². The van der Waals surface area contributed by atoms with Crippen LogP contribution in [0.2, 0.25) is 0 Å². The number of methoxy groups -OCH3 is 1. The molecule has 1 aliphatic rings. The summed E-state index contributed by atoms with van der Waals surface area (Å²) in [5, 5.41) is 2.72. The fraction of sp³-hybridized carbons (Fsp3) is 0.316. The summed E-state index contributed by atoms with van der Waals surface area (Å²) in [4.78, 5) is 30.1. The van der Waals surface area contributed by atoms with Crippen molar-refractivity contribution in [3.8, 4) is 17.2 Å². The molecule has 136 valence electrons. The molecular formula is C19H21N3O4. The Hall–Kier alpha value is -3.09. The predicted octanol–water partition coefficient (Wildman–Crippen LogP) is 3.42. The molecule has 1 N–H and O–H groups in total. The number of nitrogens with one attached hydrogen (secondary N) is 1. The molecule has 1 atom stereocenters. The lowest BCUT2D eigenvalue weighted by molar-refractivity contribution is -0.121. The van der Waals surface area contributed by atoms with Gasteiger partial charge in [0.05, 0.1) is 25.2 Å². The first-order chi connectivity index (χ1) is 12.4. The number of pyridine rings is 1. The Bertz CT molecular complexity index is 868. The Balaban J connectivity index is 1.87. The number of rotatable bonds is 5. The van der Waals surface area contributed by atoms with Gasteiger partial charge < -0.3 is 14.8 Å². The maximum Gasteiger partial charge on any atom is 0.329 e. The normalized spacial score (nSPS) is 19.5. The fourth-order valence-corrected chi connectivity index (χ4v) is 2.74. The van der Waals surface area contributed by atoms with Gasteiger partial charge in [-0.1, -0.05) is 13.0 Å². The largest absolute Gasteiger partial charge is 0.496 e. The molecule has 0 aliphatic carbocycles. The van der Waals surface area contributed by atoms with Crippen LogP contribution >= 0.6 is 0 Å². The van der Waals surface area contributed by atoms with Gasteiger partial charge in [0.25, 0.3) is 5.91 Å². The van der Waals surface area contributed by atoms with E-state index in [2.05, 4.69) is 10.3 Å². The molecule has 1 aliphatic heterocycles. The molecule has 3 amide bonds. The summed E-state index contributed by atoms with van der Waals surface area (Å²) in [7, 11) is 1.59. The average molecular weight is 355 g/mol. The lowest BCUT2D eigenvalue weighted by atomic mass is 9.99. The minimum absolute atomic E-state index is 0.305. The van der Waals surface area contributed by atoms with Crippen molar-refractivity contribution in [2.24, 2.45) is 0 Å². The molecule has 7 heteroatoms. The summed E-state index contributed by atoms with van der Waals surface area (Å²) in [6.07, 6.45) is 3.48. The molecule has 26 heavy (non-hydrogen) atoms. The quantitative estimate of drug-likeness (QED) is 0.831. The number of hydrogen-bond donors (Lipinski definition) is 1. The highest BCUT2D eigenvalue weighted by Crippen LogP contribution is 2.31. The molecule has 0 spiro atoms. The third-order valence-corrected chi connectivity index (χ3v) is 4.54. The van der Waals surface area contributed by atoms with Crippen molar-refractivity contribution in [1.29, 1.82) is 0 Å². The van der Waals surface area contributed by atoms with Gasteiger partial charge in [0, 0.05) is 12.1 Å². The second-order valence-electron chi connectivity index (χ2n) is 6.37. The van der Waals surface area contributed by atoms with E-state index in [0.717, 1.165) is 10.5 Å². The Morgan fingerprint density at radius 2 is 1.96 bits per heavy atom. The predicted molar refractivity (Wildman–Crippen MR) is 96.8 cm³/mol. The van der Waals surface area contributed by atoms with Gasteiger partial charge >= 0.3 is 6.03 Å². The number of urea groups is 1. The maximum absolute atomic E-state index is 12.6. The molecule has 2 aromatic rings. The molecule has 1 aromatic carbocycles. The third kappa shape index (κ3) is 3.08. The molecule has 1 aromatic heterocycles. The smallest absolute Gasteiger partial charge is 0.329 e. The molecule has 0 bridgehead atoms. The van der Waals surface area contributed by atoms with Gasteiger partial charge in [-0.3, -0.25) is 9.78 Å². The number of anilines is 1. The number of amides is 3. The minimum Gasteiger partial charge on any atom is -0.496 e. The zero-order chi connectivity index (χ0) is 18.9. The van der Waals surface area contributed by atoms with Crippen LogP contribution in [0.1, 0.15) is 25.8 Å². The summed E-state index contributed by atoms with van der Waals surface area (Å²) in [5.74, 6) is 1.39. The first-order valence-electron chi connectivity index (χ1n) is 8.32. The Kier molecular flexibility index (Phi) is 4.54. The lowest BCUT2D eigenvalue weighted by Gasteiger charge is -2.19. The minimum atomic E-state index is -0.904. The molecule has 0 radical (unpaired) electrons. The zero-order valence-electron chi connectivity index (χ0n) is 15.2. The van der Waals surface area contributed by atoms with Crippen molar-refractivity contribution in [2.75, 3.05) is 12.0 Å². The van der Waals surface area contributed by atoms with Crippen molar-refractivity contribution in [2.45, 2.75) is 32.7 Å². The number of imide groups is 1. The van der Waals surface area contributed by atoms with Crippen LogP contribution in [0, 0.1) is 6.92 Å². The highest BCUT2D eigenvalue weighted by Gasteiger charge is 2.47. The molecular weight excluding hydrogens is 334 g/mol. The van der Waals surface area contributed by atoms with Crippen molar-refractivity contribution in [3.63, 3.8) is 0 Å². The number of nitrogens with zero attached hydrogens (tertiary/aromatic N) is 2. The van der Waals surface area contributed by atoms with Crippen LogP contribution in [0.25, 0.3) is 0 Å². The van der Waals surface area contributed by atoms with E-state index in [9.17, 15) is 9.59 Å². The van der Waals surface area contributed by atoms with E-state index in [4.69, 9.17) is 9.47 Å². The van der Waals surface area contributed by atoms with Gasteiger partial charge in [-0.15, -0.1) is 0 Å². The van der Waals surface area contributed by atoms with E-state index >= 15 is 0 Å². The molecule has 7 nitrogen and oxygen atoms in total. The van der Waals surface area contributed by atoms with Gasteiger partial charge in [0.2, 0.25) is 0 Å². The third-order valence-electron chi connectivity index (χ3n) is 4.54. The average Bonchev–Trinajstić information content (AvgIpc) is 2.86. The van der Waals surface area contributed by atoms with Crippen molar-refractivity contribution >= 4 is 17.6 Å². The first kappa shape index (κ1) is 17.7. The summed E-state index contributed by atoms with van der Waals surface area (Å²) in [6, 6.07) is 6.61. The number of aromatic nitrogens is 1.